The van der Waals surface area contributed by atoms with Gasteiger partial charge in [-0.3, -0.25) is 9.59 Å². The number of aromatic nitrogens is 2. The SMILES string of the molecule is COc1cc(NC(=O)CCc2c(C)nc(SC(F)F)[nH]c2=O)c(OC)cc1Cl. The lowest BCUT2D eigenvalue weighted by molar-refractivity contribution is -0.116. The van der Waals surface area contributed by atoms with Crippen molar-refractivity contribution in [1.29, 1.82) is 0 Å². The van der Waals surface area contributed by atoms with Crippen LogP contribution in [0, 0.1) is 6.92 Å². The number of H-pyrrole nitrogens is 1. The number of carbonyl (C=O) groups is 1. The van der Waals surface area contributed by atoms with Gasteiger partial charge in [0, 0.05) is 29.8 Å². The van der Waals surface area contributed by atoms with Crippen LogP contribution in [0.25, 0.3) is 0 Å². The molecule has 0 aliphatic heterocycles. The fourth-order valence-corrected chi connectivity index (χ4v) is 3.17. The summed E-state index contributed by atoms with van der Waals surface area (Å²) in [6.45, 7) is 1.53. The van der Waals surface area contributed by atoms with Gasteiger partial charge >= 0.3 is 0 Å². The number of halogens is 3. The van der Waals surface area contributed by atoms with Crippen LogP contribution in [0.15, 0.2) is 22.1 Å². The van der Waals surface area contributed by atoms with E-state index in [1.165, 1.54) is 33.3 Å². The van der Waals surface area contributed by atoms with Gasteiger partial charge in [-0.15, -0.1) is 0 Å². The zero-order valence-corrected chi connectivity index (χ0v) is 16.8. The van der Waals surface area contributed by atoms with Crippen molar-refractivity contribution in [3.63, 3.8) is 0 Å². The lowest BCUT2D eigenvalue weighted by atomic mass is 10.1. The number of anilines is 1. The van der Waals surface area contributed by atoms with E-state index in [-0.39, 0.29) is 41.2 Å². The van der Waals surface area contributed by atoms with Crippen molar-refractivity contribution in [3.05, 3.63) is 38.8 Å². The van der Waals surface area contributed by atoms with Crippen LogP contribution >= 0.6 is 23.4 Å². The zero-order valence-electron chi connectivity index (χ0n) is 15.3. The second kappa shape index (κ2) is 9.74. The number of nitrogens with one attached hydrogen (secondary N) is 2. The van der Waals surface area contributed by atoms with Crippen LogP contribution in [0.2, 0.25) is 5.02 Å². The molecule has 1 aromatic carbocycles. The molecule has 0 fully saturated rings. The van der Waals surface area contributed by atoms with Crippen molar-refractivity contribution in [3.8, 4) is 11.5 Å². The smallest absolute Gasteiger partial charge is 0.291 e. The molecule has 0 aliphatic rings. The lowest BCUT2D eigenvalue weighted by Crippen LogP contribution is -2.20. The van der Waals surface area contributed by atoms with E-state index in [4.69, 9.17) is 21.1 Å². The highest BCUT2D eigenvalue weighted by Crippen LogP contribution is 2.35. The highest BCUT2D eigenvalue weighted by Gasteiger charge is 2.16. The fourth-order valence-electron chi connectivity index (χ4n) is 2.43. The number of hydrogen-bond acceptors (Lipinski definition) is 6. The molecule has 28 heavy (non-hydrogen) atoms. The topological polar surface area (TPSA) is 93.3 Å². The Labute approximate surface area is 168 Å². The van der Waals surface area contributed by atoms with Gasteiger partial charge in [0.2, 0.25) is 5.91 Å². The molecule has 152 valence electrons. The second-order valence-corrected chi connectivity index (χ2v) is 6.93. The molecule has 0 aliphatic carbocycles. The summed E-state index contributed by atoms with van der Waals surface area (Å²) in [4.78, 5) is 30.6. The molecule has 1 heterocycles. The molecule has 0 radical (unpaired) electrons. The maximum atomic E-state index is 12.4. The van der Waals surface area contributed by atoms with Gasteiger partial charge in [0.25, 0.3) is 11.3 Å². The van der Waals surface area contributed by atoms with Gasteiger partial charge in [-0.1, -0.05) is 11.6 Å². The van der Waals surface area contributed by atoms with Crippen LogP contribution in [0.5, 0.6) is 11.5 Å². The van der Waals surface area contributed by atoms with Crippen LogP contribution in [0.1, 0.15) is 17.7 Å². The molecule has 7 nitrogen and oxygen atoms in total. The molecule has 2 rings (SSSR count). The molecular weight excluding hydrogens is 416 g/mol. The summed E-state index contributed by atoms with van der Waals surface area (Å²) < 4.78 is 35.1. The number of nitrogens with zero attached hydrogens (tertiary/aromatic N) is 1. The van der Waals surface area contributed by atoms with Gasteiger partial charge in [0.05, 0.1) is 24.9 Å². The molecule has 11 heteroatoms. The Morgan fingerprint density at radius 2 is 2.00 bits per heavy atom. The third kappa shape index (κ3) is 5.59. The van der Waals surface area contributed by atoms with Gasteiger partial charge in [-0.2, -0.15) is 8.78 Å². The van der Waals surface area contributed by atoms with Crippen molar-refractivity contribution in [2.24, 2.45) is 0 Å². The summed E-state index contributed by atoms with van der Waals surface area (Å²) in [7, 11) is 2.87. The lowest BCUT2D eigenvalue weighted by Gasteiger charge is -2.13. The van der Waals surface area contributed by atoms with E-state index in [9.17, 15) is 18.4 Å². The van der Waals surface area contributed by atoms with E-state index in [2.05, 4.69) is 15.3 Å². The second-order valence-electron chi connectivity index (χ2n) is 5.55. The van der Waals surface area contributed by atoms with Gasteiger partial charge in [0.15, 0.2) is 5.16 Å². The fraction of sp³-hybridized carbons (Fsp3) is 0.353. The Morgan fingerprint density at radius 1 is 1.32 bits per heavy atom. The molecule has 0 unspecified atom stereocenters. The number of alkyl halides is 2. The minimum atomic E-state index is -2.69. The Hall–Kier alpha value is -2.33. The largest absolute Gasteiger partial charge is 0.495 e. The van der Waals surface area contributed by atoms with Crippen LogP contribution < -0.4 is 20.3 Å². The van der Waals surface area contributed by atoms with Crippen molar-refractivity contribution in [1.82, 2.24) is 9.97 Å². The summed E-state index contributed by atoms with van der Waals surface area (Å²) in [5.74, 6) is -2.36. The number of benzene rings is 1. The number of hydrogen-bond donors (Lipinski definition) is 2. The molecule has 0 atom stereocenters. The molecule has 0 saturated carbocycles. The predicted molar refractivity (Wildman–Crippen MR) is 103 cm³/mol. The number of aromatic amines is 1. The average Bonchev–Trinajstić information content (AvgIpc) is 2.61. The van der Waals surface area contributed by atoms with Crippen LogP contribution in [-0.4, -0.2) is 35.9 Å². The van der Waals surface area contributed by atoms with Crippen LogP contribution in [0.4, 0.5) is 14.5 Å². The van der Waals surface area contributed by atoms with Crippen LogP contribution in [0.3, 0.4) is 0 Å². The third-order valence-corrected chi connectivity index (χ3v) is 4.64. The molecule has 1 aromatic heterocycles. The predicted octanol–water partition coefficient (Wildman–Crippen LogP) is 3.63. The molecule has 0 saturated heterocycles. The van der Waals surface area contributed by atoms with Crippen molar-refractivity contribution < 1.29 is 23.0 Å². The monoisotopic (exact) mass is 433 g/mol. The highest BCUT2D eigenvalue weighted by atomic mass is 35.5. The number of rotatable bonds is 8. The van der Waals surface area contributed by atoms with E-state index in [1.54, 1.807) is 0 Å². The normalized spacial score (nSPS) is 10.8. The molecule has 1 amide bonds. The van der Waals surface area contributed by atoms with Crippen molar-refractivity contribution >= 4 is 35.0 Å². The maximum absolute atomic E-state index is 12.4. The molecule has 2 aromatic rings. The Morgan fingerprint density at radius 3 is 2.57 bits per heavy atom. The number of methoxy groups -OCH3 is 2. The van der Waals surface area contributed by atoms with Gasteiger partial charge in [0.1, 0.15) is 11.5 Å². The standard InChI is InChI=1S/C17H18ClF2N3O4S/c1-8-9(15(25)23-17(21-8)28-16(19)20)4-5-14(24)22-11-7-12(26-2)10(18)6-13(11)27-3/h6-7,16H,4-5H2,1-3H3,(H,22,24)(H,21,23,25). The minimum Gasteiger partial charge on any atom is -0.495 e. The van der Waals surface area contributed by atoms with Gasteiger partial charge < -0.3 is 19.8 Å². The maximum Gasteiger partial charge on any atom is 0.291 e. The van der Waals surface area contributed by atoms with E-state index in [1.807, 2.05) is 0 Å². The molecule has 0 spiro atoms. The van der Waals surface area contributed by atoms with Crippen LogP contribution in [-0.2, 0) is 11.2 Å². The minimum absolute atomic E-state index is 0.0268. The Bertz CT molecular complexity index is 924. The van der Waals surface area contributed by atoms with E-state index in [0.717, 1.165) is 0 Å². The summed E-state index contributed by atoms with van der Waals surface area (Å²) in [5, 5.41) is 2.83. The first-order valence-electron chi connectivity index (χ1n) is 8.01. The first-order valence-corrected chi connectivity index (χ1v) is 9.26. The summed E-state index contributed by atoms with van der Waals surface area (Å²) in [5.41, 5.74) is 0.371. The summed E-state index contributed by atoms with van der Waals surface area (Å²) in [6.07, 6.45) is 0.0632. The van der Waals surface area contributed by atoms with Crippen molar-refractivity contribution in [2.75, 3.05) is 19.5 Å². The molecule has 2 N–H and O–H groups in total. The zero-order chi connectivity index (χ0) is 20.8. The molecular formula is C17H18ClF2N3O4S. The van der Waals surface area contributed by atoms with Crippen molar-refractivity contribution in [2.45, 2.75) is 30.7 Å². The first-order chi connectivity index (χ1) is 13.2. The number of ether oxygens (including phenoxy) is 2. The summed E-state index contributed by atoms with van der Waals surface area (Å²) >= 11 is 6.18. The quantitative estimate of drug-likeness (QED) is 0.487. The Balaban J connectivity index is 2.10. The van der Waals surface area contributed by atoms with Gasteiger partial charge in [-0.25, -0.2) is 4.98 Å². The number of aryl methyl sites for hydroxylation is 1. The highest BCUT2D eigenvalue weighted by molar-refractivity contribution is 7.99. The number of carbonyl (C=O) groups excluding carboxylic acids is 1. The van der Waals surface area contributed by atoms with E-state index < -0.39 is 11.3 Å². The number of amides is 1. The first kappa shape index (κ1) is 22.0. The van der Waals surface area contributed by atoms with E-state index in [0.29, 0.717) is 27.9 Å². The average molecular weight is 434 g/mol. The third-order valence-electron chi connectivity index (χ3n) is 3.75. The van der Waals surface area contributed by atoms with E-state index >= 15 is 0 Å². The molecule has 0 bridgehead atoms. The Kier molecular flexibility index (Phi) is 7.64. The summed E-state index contributed by atoms with van der Waals surface area (Å²) in [6, 6.07) is 3.03. The number of thioether (sulfide) groups is 1. The van der Waals surface area contributed by atoms with Gasteiger partial charge in [-0.05, 0) is 25.1 Å².